The lowest BCUT2D eigenvalue weighted by atomic mass is 9.92. The molecule has 0 spiro atoms. The molecule has 0 fully saturated rings. The number of carbonyl (C=O) groups excluding carboxylic acids is 1. The van der Waals surface area contributed by atoms with Crippen LogP contribution in [0.3, 0.4) is 0 Å². The van der Waals surface area contributed by atoms with Crippen molar-refractivity contribution in [3.05, 3.63) is 39.3 Å². The van der Waals surface area contributed by atoms with Crippen LogP contribution in [0.4, 0.5) is 4.79 Å². The summed E-state index contributed by atoms with van der Waals surface area (Å²) in [6.45, 7) is 0. The quantitative estimate of drug-likeness (QED) is 0.626. The first-order valence-electron chi connectivity index (χ1n) is 5.20. The highest BCUT2D eigenvalue weighted by Gasteiger charge is 2.10. The van der Waals surface area contributed by atoms with Gasteiger partial charge in [0.25, 0.3) is 0 Å². The maximum Gasteiger partial charge on any atom is 0.302 e. The minimum absolute atomic E-state index is 0.194. The van der Waals surface area contributed by atoms with E-state index in [1.54, 1.807) is 0 Å². The van der Waals surface area contributed by atoms with Gasteiger partial charge in [0.1, 0.15) is 11.9 Å². The standard InChI is InChI=1S/C10H11Cl.CH2N2O2S/c11-10-7-3-5-8-4-1-2-6-9(8)10;2-1(4)6-3-5/h3,5,7H,1-2,4,6H2;(H2,2,4). The summed E-state index contributed by atoms with van der Waals surface area (Å²) in [5.41, 5.74) is 7.28. The van der Waals surface area contributed by atoms with E-state index in [-0.39, 0.29) is 11.9 Å². The predicted octanol–water partition coefficient (Wildman–Crippen LogP) is 3.70. The molecular weight excluding hydrogens is 260 g/mol. The lowest BCUT2D eigenvalue weighted by Crippen LogP contribution is -2.02. The van der Waals surface area contributed by atoms with E-state index in [2.05, 4.69) is 16.4 Å². The average molecular weight is 273 g/mol. The molecule has 2 rings (SSSR count). The molecule has 0 saturated carbocycles. The van der Waals surface area contributed by atoms with Crippen molar-refractivity contribution >= 4 is 28.8 Å². The van der Waals surface area contributed by atoms with Gasteiger partial charge in [-0.2, -0.15) is 0 Å². The molecule has 6 heteroatoms. The molecular formula is C11H13ClN2O2S. The smallest absolute Gasteiger partial charge is 0.302 e. The summed E-state index contributed by atoms with van der Waals surface area (Å²) in [5, 5.41) is 0.187. The lowest BCUT2D eigenvalue weighted by molar-refractivity contribution is 0.267. The maximum absolute atomic E-state index is 9.49. The maximum atomic E-state index is 9.49. The Balaban J connectivity index is 0.000000209. The van der Waals surface area contributed by atoms with Crippen LogP contribution in [0.25, 0.3) is 0 Å². The third kappa shape index (κ3) is 4.75. The zero-order chi connectivity index (χ0) is 12.7. The second-order valence-electron chi connectivity index (χ2n) is 3.57. The van der Waals surface area contributed by atoms with Gasteiger partial charge < -0.3 is 5.73 Å². The predicted molar refractivity (Wildman–Crippen MR) is 71.1 cm³/mol. The summed E-state index contributed by atoms with van der Waals surface area (Å²) in [5.74, 6) is 0. The third-order valence-electron chi connectivity index (χ3n) is 2.47. The van der Waals surface area contributed by atoms with Crippen LogP contribution < -0.4 is 5.73 Å². The van der Waals surface area contributed by atoms with Crippen molar-refractivity contribution in [3.8, 4) is 0 Å². The van der Waals surface area contributed by atoms with Crippen molar-refractivity contribution in [1.29, 1.82) is 0 Å². The van der Waals surface area contributed by atoms with Crippen LogP contribution in [0.2, 0.25) is 5.02 Å². The zero-order valence-corrected chi connectivity index (χ0v) is 10.8. The number of rotatable bonds is 1. The lowest BCUT2D eigenvalue weighted by Gasteiger charge is -2.15. The number of aryl methyl sites for hydroxylation is 1. The van der Waals surface area contributed by atoms with Gasteiger partial charge in [-0.25, -0.2) is 0 Å². The molecule has 1 aromatic rings. The Hall–Kier alpha value is -1.07. The Kier molecular flexibility index (Phi) is 6.00. The number of nitrogens with zero attached hydrogens (tertiary/aromatic N) is 1. The van der Waals surface area contributed by atoms with Crippen molar-refractivity contribution < 1.29 is 4.79 Å². The van der Waals surface area contributed by atoms with Gasteiger partial charge in [0.05, 0.1) is 0 Å². The van der Waals surface area contributed by atoms with Gasteiger partial charge in [-0.3, -0.25) is 4.79 Å². The van der Waals surface area contributed by atoms with E-state index in [9.17, 15) is 4.79 Å². The molecule has 1 aliphatic rings. The van der Waals surface area contributed by atoms with Gasteiger partial charge >= 0.3 is 5.24 Å². The number of nitroso groups, excluding NO2 is 1. The molecule has 17 heavy (non-hydrogen) atoms. The monoisotopic (exact) mass is 272 g/mol. The van der Waals surface area contributed by atoms with E-state index in [1.807, 2.05) is 12.1 Å². The second-order valence-corrected chi connectivity index (χ2v) is 4.71. The summed E-state index contributed by atoms with van der Waals surface area (Å²) in [6.07, 6.45) is 5.02. The molecule has 92 valence electrons. The Morgan fingerprint density at radius 2 is 2.06 bits per heavy atom. The number of amides is 1. The van der Waals surface area contributed by atoms with Crippen LogP contribution in [-0.4, -0.2) is 5.24 Å². The minimum atomic E-state index is -0.773. The summed E-state index contributed by atoms with van der Waals surface area (Å²) >= 11 is 6.24. The molecule has 0 saturated heterocycles. The van der Waals surface area contributed by atoms with Crippen LogP contribution in [0.1, 0.15) is 24.0 Å². The van der Waals surface area contributed by atoms with E-state index in [0.29, 0.717) is 0 Å². The largest absolute Gasteiger partial charge is 0.359 e. The molecule has 0 radical (unpaired) electrons. The molecule has 1 aliphatic carbocycles. The van der Waals surface area contributed by atoms with Crippen molar-refractivity contribution in [3.63, 3.8) is 0 Å². The average Bonchev–Trinajstić information content (AvgIpc) is 2.30. The SMILES string of the molecule is Clc1cccc2c1CCCC2.NC(=O)SN=O. The van der Waals surface area contributed by atoms with E-state index < -0.39 is 5.24 Å². The zero-order valence-electron chi connectivity index (χ0n) is 9.19. The molecule has 2 N–H and O–H groups in total. The Bertz CT molecular complexity index is 412. The number of fused-ring (bicyclic) bond motifs is 1. The molecule has 0 atom stereocenters. The number of primary amides is 1. The molecule has 4 nitrogen and oxygen atoms in total. The van der Waals surface area contributed by atoms with Gasteiger partial charge in [-0.1, -0.05) is 23.7 Å². The normalized spacial score (nSPS) is 13.0. The summed E-state index contributed by atoms with van der Waals surface area (Å²) in [4.78, 5) is 18.5. The van der Waals surface area contributed by atoms with Crippen molar-refractivity contribution in [2.75, 3.05) is 0 Å². The molecule has 0 aliphatic heterocycles. The topological polar surface area (TPSA) is 72.5 Å². The Morgan fingerprint density at radius 3 is 2.59 bits per heavy atom. The Morgan fingerprint density at radius 1 is 1.35 bits per heavy atom. The highest BCUT2D eigenvalue weighted by atomic mass is 35.5. The highest BCUT2D eigenvalue weighted by Crippen LogP contribution is 2.27. The Labute approximate surface area is 109 Å². The highest BCUT2D eigenvalue weighted by molar-refractivity contribution is 8.12. The first-order valence-corrected chi connectivity index (χ1v) is 6.35. The molecule has 0 heterocycles. The van der Waals surface area contributed by atoms with Gasteiger partial charge in [-0.05, 0) is 42.9 Å². The van der Waals surface area contributed by atoms with Crippen LogP contribution >= 0.6 is 23.5 Å². The number of carbonyl (C=O) groups is 1. The second kappa shape index (κ2) is 7.29. The summed E-state index contributed by atoms with van der Waals surface area (Å²) in [6, 6.07) is 6.23. The first kappa shape index (κ1) is 14.0. The van der Waals surface area contributed by atoms with Crippen LogP contribution in [0, 0.1) is 4.91 Å². The molecule has 0 aromatic heterocycles. The molecule has 1 aromatic carbocycles. The van der Waals surface area contributed by atoms with Gasteiger partial charge in [0.15, 0.2) is 0 Å². The van der Waals surface area contributed by atoms with Crippen LogP contribution in [0.15, 0.2) is 22.8 Å². The van der Waals surface area contributed by atoms with E-state index in [4.69, 9.17) is 16.5 Å². The van der Waals surface area contributed by atoms with Gasteiger partial charge in [0.2, 0.25) is 0 Å². The van der Waals surface area contributed by atoms with Gasteiger partial charge in [0, 0.05) is 9.60 Å². The van der Waals surface area contributed by atoms with E-state index >= 15 is 0 Å². The minimum Gasteiger partial charge on any atom is -0.359 e. The molecule has 0 unspecified atom stereocenters. The molecule has 1 amide bonds. The molecule has 0 bridgehead atoms. The van der Waals surface area contributed by atoms with E-state index in [0.717, 1.165) is 5.02 Å². The first-order chi connectivity index (χ1) is 8.15. The number of nitrogens with two attached hydrogens (primary N) is 1. The van der Waals surface area contributed by atoms with Crippen LogP contribution in [-0.2, 0) is 12.8 Å². The number of hydrogen-bond acceptors (Lipinski definition) is 4. The fourth-order valence-corrected chi connectivity index (χ4v) is 2.13. The fourth-order valence-electron chi connectivity index (χ4n) is 1.77. The third-order valence-corrected chi connectivity index (χ3v) is 3.07. The van der Waals surface area contributed by atoms with Crippen LogP contribution in [0.5, 0.6) is 0 Å². The van der Waals surface area contributed by atoms with Gasteiger partial charge in [-0.15, -0.1) is 4.91 Å². The number of halogens is 1. The van der Waals surface area contributed by atoms with Crippen molar-refractivity contribution in [2.24, 2.45) is 10.3 Å². The number of benzene rings is 1. The summed E-state index contributed by atoms with van der Waals surface area (Å²) in [7, 11) is 0. The van der Waals surface area contributed by atoms with Crippen molar-refractivity contribution in [2.45, 2.75) is 25.7 Å². The fraction of sp³-hybridized carbons (Fsp3) is 0.364. The number of hydrogen-bond donors (Lipinski definition) is 1. The summed E-state index contributed by atoms with van der Waals surface area (Å²) < 4.78 is 2.13. The van der Waals surface area contributed by atoms with E-state index in [1.165, 1.54) is 36.8 Å². The van der Waals surface area contributed by atoms with Crippen molar-refractivity contribution in [1.82, 2.24) is 0 Å².